The lowest BCUT2D eigenvalue weighted by atomic mass is 10.2. The van der Waals surface area contributed by atoms with Gasteiger partial charge < -0.3 is 9.47 Å². The van der Waals surface area contributed by atoms with Crippen molar-refractivity contribution in [3.8, 4) is 11.5 Å². The van der Waals surface area contributed by atoms with E-state index >= 15 is 0 Å². The molecule has 0 bridgehead atoms. The van der Waals surface area contributed by atoms with Gasteiger partial charge in [0.15, 0.2) is 0 Å². The Morgan fingerprint density at radius 3 is 1.75 bits per heavy atom. The number of carbonyl (C=O) groups is 3. The summed E-state index contributed by atoms with van der Waals surface area (Å²) in [4.78, 5) is 32.1. The number of rotatable bonds is 3. The summed E-state index contributed by atoms with van der Waals surface area (Å²) in [5.74, 6) is -0.713. The fourth-order valence-electron chi connectivity index (χ4n) is 1.11. The molecule has 0 fully saturated rings. The van der Waals surface area contributed by atoms with E-state index < -0.39 is 11.9 Å². The standard InChI is InChI=1S/C11H10O5/c1-7(13)15-10-3-9(6-12)4-11(5-10)16-8(2)14/h3-6H,1-2H3. The van der Waals surface area contributed by atoms with Crippen molar-refractivity contribution >= 4 is 18.2 Å². The normalized spacial score (nSPS) is 9.38. The third kappa shape index (κ3) is 3.53. The Morgan fingerprint density at radius 1 is 1.00 bits per heavy atom. The molecule has 5 heteroatoms. The quantitative estimate of drug-likeness (QED) is 0.438. The molecular weight excluding hydrogens is 212 g/mol. The van der Waals surface area contributed by atoms with Crippen LogP contribution in [0.2, 0.25) is 0 Å². The first kappa shape index (κ1) is 11.9. The molecule has 0 aromatic heterocycles. The zero-order valence-corrected chi connectivity index (χ0v) is 8.85. The van der Waals surface area contributed by atoms with Gasteiger partial charge in [0.1, 0.15) is 17.8 Å². The van der Waals surface area contributed by atoms with Gasteiger partial charge in [-0.15, -0.1) is 0 Å². The Kier molecular flexibility index (Phi) is 3.77. The van der Waals surface area contributed by atoms with E-state index in [4.69, 9.17) is 9.47 Å². The maximum Gasteiger partial charge on any atom is 0.308 e. The first-order valence-electron chi connectivity index (χ1n) is 4.48. The summed E-state index contributed by atoms with van der Waals surface area (Å²) >= 11 is 0. The van der Waals surface area contributed by atoms with Crippen molar-refractivity contribution in [2.24, 2.45) is 0 Å². The molecule has 0 radical (unpaired) electrons. The van der Waals surface area contributed by atoms with Gasteiger partial charge >= 0.3 is 11.9 Å². The summed E-state index contributed by atoms with van der Waals surface area (Å²) in [6.07, 6.45) is 0.569. The molecule has 0 amide bonds. The van der Waals surface area contributed by atoms with Crippen LogP contribution in [0, 0.1) is 0 Å². The fraction of sp³-hybridized carbons (Fsp3) is 0.182. The third-order valence-electron chi connectivity index (χ3n) is 1.56. The van der Waals surface area contributed by atoms with Crippen LogP contribution in [0.25, 0.3) is 0 Å². The molecule has 1 aromatic rings. The second-order valence-corrected chi connectivity index (χ2v) is 3.04. The molecule has 0 saturated heterocycles. The summed E-state index contributed by atoms with van der Waals surface area (Å²) < 4.78 is 9.58. The monoisotopic (exact) mass is 222 g/mol. The number of carbonyl (C=O) groups excluding carboxylic acids is 3. The molecule has 0 spiro atoms. The number of benzene rings is 1. The van der Waals surface area contributed by atoms with Crippen molar-refractivity contribution in [3.63, 3.8) is 0 Å². The van der Waals surface area contributed by atoms with Crippen LogP contribution in [0.1, 0.15) is 24.2 Å². The highest BCUT2D eigenvalue weighted by Crippen LogP contribution is 2.22. The van der Waals surface area contributed by atoms with Crippen LogP contribution in [-0.2, 0) is 9.59 Å². The maximum absolute atomic E-state index is 10.7. The largest absolute Gasteiger partial charge is 0.427 e. The molecule has 0 aliphatic carbocycles. The van der Waals surface area contributed by atoms with Gasteiger partial charge in [0, 0.05) is 25.5 Å². The highest BCUT2D eigenvalue weighted by molar-refractivity contribution is 5.79. The van der Waals surface area contributed by atoms with Crippen LogP contribution in [0.4, 0.5) is 0 Å². The Balaban J connectivity index is 3.04. The Hall–Kier alpha value is -2.17. The van der Waals surface area contributed by atoms with Crippen LogP contribution in [0.3, 0.4) is 0 Å². The first-order valence-corrected chi connectivity index (χ1v) is 4.48. The van der Waals surface area contributed by atoms with Crippen molar-refractivity contribution in [3.05, 3.63) is 23.8 Å². The first-order chi connectivity index (χ1) is 7.51. The van der Waals surface area contributed by atoms with E-state index in [1.165, 1.54) is 32.0 Å². The van der Waals surface area contributed by atoms with Gasteiger partial charge in [0.2, 0.25) is 0 Å². The zero-order chi connectivity index (χ0) is 12.1. The van der Waals surface area contributed by atoms with Crippen molar-refractivity contribution in [2.45, 2.75) is 13.8 Å². The number of ether oxygens (including phenoxy) is 2. The maximum atomic E-state index is 10.7. The summed E-state index contributed by atoms with van der Waals surface area (Å²) in [6, 6.07) is 4.11. The zero-order valence-electron chi connectivity index (χ0n) is 8.85. The molecule has 5 nitrogen and oxygen atoms in total. The number of esters is 2. The van der Waals surface area contributed by atoms with Gasteiger partial charge in [-0.25, -0.2) is 0 Å². The van der Waals surface area contributed by atoms with Crippen molar-refractivity contribution in [1.29, 1.82) is 0 Å². The van der Waals surface area contributed by atoms with E-state index in [2.05, 4.69) is 0 Å². The molecule has 0 saturated carbocycles. The van der Waals surface area contributed by atoms with Crippen molar-refractivity contribution < 1.29 is 23.9 Å². The number of hydrogen-bond donors (Lipinski definition) is 0. The molecule has 1 rings (SSSR count). The summed E-state index contributed by atoms with van der Waals surface area (Å²) in [5.41, 5.74) is 0.259. The van der Waals surface area contributed by atoms with E-state index in [9.17, 15) is 14.4 Å². The Bertz CT molecular complexity index is 402. The highest BCUT2D eigenvalue weighted by Gasteiger charge is 2.06. The topological polar surface area (TPSA) is 69.7 Å². The molecule has 16 heavy (non-hydrogen) atoms. The SMILES string of the molecule is CC(=O)Oc1cc(C=O)cc(OC(C)=O)c1. The molecule has 0 aliphatic heterocycles. The lowest BCUT2D eigenvalue weighted by Gasteiger charge is -2.06. The molecule has 0 N–H and O–H groups in total. The van der Waals surface area contributed by atoms with E-state index in [0.717, 1.165) is 0 Å². The van der Waals surface area contributed by atoms with Crippen LogP contribution in [0.5, 0.6) is 11.5 Å². The van der Waals surface area contributed by atoms with Gasteiger partial charge in [-0.3, -0.25) is 14.4 Å². The molecule has 1 aromatic carbocycles. The second-order valence-electron chi connectivity index (χ2n) is 3.04. The third-order valence-corrected chi connectivity index (χ3v) is 1.56. The van der Waals surface area contributed by atoms with Gasteiger partial charge in [-0.2, -0.15) is 0 Å². The predicted octanol–water partition coefficient (Wildman–Crippen LogP) is 1.35. The number of aldehydes is 1. The second kappa shape index (κ2) is 5.06. The molecule has 0 unspecified atom stereocenters. The smallest absolute Gasteiger partial charge is 0.308 e. The highest BCUT2D eigenvalue weighted by atomic mass is 16.5. The predicted molar refractivity (Wildman–Crippen MR) is 54.4 cm³/mol. The average molecular weight is 222 g/mol. The van der Waals surface area contributed by atoms with E-state index in [1.54, 1.807) is 0 Å². The van der Waals surface area contributed by atoms with Gasteiger partial charge in [0.25, 0.3) is 0 Å². The molecular formula is C11H10O5. The van der Waals surface area contributed by atoms with E-state index in [1.807, 2.05) is 0 Å². The molecule has 84 valence electrons. The van der Waals surface area contributed by atoms with Gasteiger partial charge in [-0.1, -0.05) is 0 Å². The molecule has 0 atom stereocenters. The molecule has 0 heterocycles. The van der Waals surface area contributed by atoms with Crippen LogP contribution in [-0.4, -0.2) is 18.2 Å². The van der Waals surface area contributed by atoms with Crippen molar-refractivity contribution in [2.75, 3.05) is 0 Å². The fourth-order valence-corrected chi connectivity index (χ4v) is 1.11. The number of hydrogen-bond acceptors (Lipinski definition) is 5. The Morgan fingerprint density at radius 2 is 1.44 bits per heavy atom. The summed E-state index contributed by atoms with van der Waals surface area (Å²) in [7, 11) is 0. The Labute approximate surface area is 92.0 Å². The summed E-state index contributed by atoms with van der Waals surface area (Å²) in [5, 5.41) is 0. The van der Waals surface area contributed by atoms with Crippen LogP contribution >= 0.6 is 0 Å². The van der Waals surface area contributed by atoms with Crippen LogP contribution in [0.15, 0.2) is 18.2 Å². The van der Waals surface area contributed by atoms with Crippen molar-refractivity contribution in [1.82, 2.24) is 0 Å². The van der Waals surface area contributed by atoms with E-state index in [-0.39, 0.29) is 17.1 Å². The average Bonchev–Trinajstić information content (AvgIpc) is 2.14. The lowest BCUT2D eigenvalue weighted by Crippen LogP contribution is -2.05. The lowest BCUT2D eigenvalue weighted by molar-refractivity contribution is -0.132. The minimum absolute atomic E-state index is 0.161. The summed E-state index contributed by atoms with van der Waals surface area (Å²) in [6.45, 7) is 2.47. The minimum atomic E-state index is -0.517. The van der Waals surface area contributed by atoms with Gasteiger partial charge in [-0.05, 0) is 12.1 Å². The van der Waals surface area contributed by atoms with E-state index in [0.29, 0.717) is 6.29 Å². The van der Waals surface area contributed by atoms with Crippen LogP contribution < -0.4 is 9.47 Å². The molecule has 0 aliphatic rings. The van der Waals surface area contributed by atoms with Gasteiger partial charge in [0.05, 0.1) is 0 Å². The minimum Gasteiger partial charge on any atom is -0.427 e.